The third kappa shape index (κ3) is 4.42. The van der Waals surface area contributed by atoms with E-state index in [1.54, 1.807) is 24.0 Å². The second-order valence-corrected chi connectivity index (χ2v) is 8.39. The monoisotopic (exact) mass is 388 g/mol. The average molecular weight is 389 g/mol. The number of nitrogens with zero attached hydrogens (tertiary/aromatic N) is 1. The topological polar surface area (TPSA) is 42.0 Å². The van der Waals surface area contributed by atoms with Gasteiger partial charge in [-0.3, -0.25) is 9.78 Å². The Balaban J connectivity index is 1.83. The molecule has 0 aliphatic carbocycles. The third-order valence-electron chi connectivity index (χ3n) is 3.52. The zero-order chi connectivity index (χ0) is 17.8. The minimum absolute atomic E-state index is 0.134. The van der Waals surface area contributed by atoms with Crippen molar-refractivity contribution in [3.05, 3.63) is 63.4 Å². The van der Waals surface area contributed by atoms with E-state index in [-0.39, 0.29) is 5.91 Å². The number of amides is 1. The Morgan fingerprint density at radius 2 is 2.12 bits per heavy atom. The molecule has 0 atom stereocenters. The zero-order valence-electron chi connectivity index (χ0n) is 13.9. The number of carbonyl (C=O) groups excluding carboxylic acids is 1. The van der Waals surface area contributed by atoms with Crippen molar-refractivity contribution in [1.29, 1.82) is 0 Å². The minimum atomic E-state index is -0.134. The minimum Gasteiger partial charge on any atom is -0.321 e. The van der Waals surface area contributed by atoms with Gasteiger partial charge in [-0.25, -0.2) is 0 Å². The second-order valence-electron chi connectivity index (χ2n) is 5.36. The normalized spacial score (nSPS) is 10.7. The van der Waals surface area contributed by atoms with E-state index < -0.39 is 0 Å². The molecule has 128 valence electrons. The lowest BCUT2D eigenvalue weighted by molar-refractivity contribution is 0.103. The number of benzene rings is 1. The molecule has 0 bridgehead atoms. The standard InChI is InChI=1S/C19H17ClN2OS2/c1-3-24-15-9-13(20)8-14(10-15)22-19(23)18-11-16(12(2)25-18)17-6-4-5-7-21-17/h4-11H,3H2,1-2H3,(H,22,23). The van der Waals surface area contributed by atoms with Gasteiger partial charge < -0.3 is 5.32 Å². The summed E-state index contributed by atoms with van der Waals surface area (Å²) in [7, 11) is 0. The molecule has 3 aromatic rings. The Morgan fingerprint density at radius 1 is 1.28 bits per heavy atom. The molecule has 1 N–H and O–H groups in total. The summed E-state index contributed by atoms with van der Waals surface area (Å²) in [5, 5.41) is 3.56. The van der Waals surface area contributed by atoms with Crippen LogP contribution in [0.5, 0.6) is 0 Å². The van der Waals surface area contributed by atoms with Crippen molar-refractivity contribution in [2.24, 2.45) is 0 Å². The number of halogens is 1. The summed E-state index contributed by atoms with van der Waals surface area (Å²) in [6.45, 7) is 4.08. The van der Waals surface area contributed by atoms with Gasteiger partial charge in [0.15, 0.2) is 0 Å². The quantitative estimate of drug-likeness (QED) is 0.534. The highest BCUT2D eigenvalue weighted by molar-refractivity contribution is 7.99. The van der Waals surface area contributed by atoms with Crippen LogP contribution in [0.3, 0.4) is 0 Å². The van der Waals surface area contributed by atoms with E-state index in [4.69, 9.17) is 11.6 Å². The summed E-state index contributed by atoms with van der Waals surface area (Å²) >= 11 is 9.31. The van der Waals surface area contributed by atoms with E-state index in [1.165, 1.54) is 11.3 Å². The number of carbonyl (C=O) groups is 1. The van der Waals surface area contributed by atoms with Gasteiger partial charge in [-0.05, 0) is 49.1 Å². The number of thioether (sulfide) groups is 1. The molecular formula is C19H17ClN2OS2. The molecule has 1 amide bonds. The summed E-state index contributed by atoms with van der Waals surface area (Å²) in [5.74, 6) is 0.815. The molecule has 1 aromatic carbocycles. The first-order valence-corrected chi connectivity index (χ1v) is 10.0. The fraction of sp³-hybridized carbons (Fsp3) is 0.158. The lowest BCUT2D eigenvalue weighted by Crippen LogP contribution is -2.10. The van der Waals surface area contributed by atoms with Crippen molar-refractivity contribution in [2.75, 3.05) is 11.1 Å². The Hall–Kier alpha value is -1.82. The molecule has 0 radical (unpaired) electrons. The Labute approximate surface area is 160 Å². The number of hydrogen-bond donors (Lipinski definition) is 1. The summed E-state index contributed by atoms with van der Waals surface area (Å²) in [4.78, 5) is 19.8. The zero-order valence-corrected chi connectivity index (χ0v) is 16.3. The molecule has 6 heteroatoms. The van der Waals surface area contributed by atoms with Crippen LogP contribution in [0.2, 0.25) is 5.02 Å². The van der Waals surface area contributed by atoms with Gasteiger partial charge in [0.1, 0.15) is 0 Å². The van der Waals surface area contributed by atoms with Crippen molar-refractivity contribution in [3.63, 3.8) is 0 Å². The highest BCUT2D eigenvalue weighted by Crippen LogP contribution is 2.31. The lowest BCUT2D eigenvalue weighted by Gasteiger charge is -2.07. The molecule has 0 saturated carbocycles. The molecule has 0 spiro atoms. The SMILES string of the molecule is CCSc1cc(Cl)cc(NC(=O)c2cc(-c3ccccn3)c(C)s2)c1. The number of anilines is 1. The van der Waals surface area contributed by atoms with Crippen molar-refractivity contribution >= 4 is 46.3 Å². The number of rotatable bonds is 5. The van der Waals surface area contributed by atoms with E-state index in [9.17, 15) is 4.79 Å². The van der Waals surface area contributed by atoms with Gasteiger partial charge in [-0.1, -0.05) is 24.6 Å². The van der Waals surface area contributed by atoms with E-state index in [0.29, 0.717) is 15.6 Å². The molecule has 25 heavy (non-hydrogen) atoms. The molecule has 2 aromatic heterocycles. The number of aromatic nitrogens is 1. The number of hydrogen-bond acceptors (Lipinski definition) is 4. The van der Waals surface area contributed by atoms with Gasteiger partial charge in [0, 0.05) is 32.2 Å². The molecule has 3 rings (SSSR count). The second kappa shape index (κ2) is 8.04. The highest BCUT2D eigenvalue weighted by atomic mass is 35.5. The van der Waals surface area contributed by atoms with Gasteiger partial charge in [0.05, 0.1) is 10.6 Å². The Morgan fingerprint density at radius 3 is 2.84 bits per heavy atom. The fourth-order valence-corrected chi connectivity index (χ4v) is 4.43. The first-order chi connectivity index (χ1) is 12.1. The molecule has 0 aliphatic heterocycles. The molecule has 0 fully saturated rings. The summed E-state index contributed by atoms with van der Waals surface area (Å²) in [6.07, 6.45) is 1.76. The molecule has 3 nitrogen and oxygen atoms in total. The first-order valence-electron chi connectivity index (χ1n) is 7.83. The van der Waals surface area contributed by atoms with Crippen LogP contribution in [0.15, 0.2) is 53.6 Å². The van der Waals surface area contributed by atoms with Crippen LogP contribution in [0.25, 0.3) is 11.3 Å². The van der Waals surface area contributed by atoms with Crippen LogP contribution in [0, 0.1) is 6.92 Å². The summed E-state index contributed by atoms with van der Waals surface area (Å²) in [6, 6.07) is 13.3. The molecule has 0 saturated heterocycles. The van der Waals surface area contributed by atoms with E-state index in [2.05, 4.69) is 17.2 Å². The predicted octanol–water partition coefficient (Wildman–Crippen LogP) is 6.14. The van der Waals surface area contributed by atoms with Crippen LogP contribution in [-0.4, -0.2) is 16.6 Å². The number of nitrogens with one attached hydrogen (secondary N) is 1. The molecule has 0 unspecified atom stereocenters. The largest absolute Gasteiger partial charge is 0.321 e. The van der Waals surface area contributed by atoms with Gasteiger partial charge in [0.2, 0.25) is 0 Å². The molecule has 2 heterocycles. The summed E-state index contributed by atoms with van der Waals surface area (Å²) < 4.78 is 0. The number of thiophene rings is 1. The first kappa shape index (κ1) is 18.0. The fourth-order valence-electron chi connectivity index (χ4n) is 2.45. The van der Waals surface area contributed by atoms with E-state index in [1.807, 2.05) is 43.3 Å². The van der Waals surface area contributed by atoms with Gasteiger partial charge in [-0.15, -0.1) is 23.1 Å². The van der Waals surface area contributed by atoms with E-state index in [0.717, 1.165) is 26.8 Å². The van der Waals surface area contributed by atoms with Crippen LogP contribution in [-0.2, 0) is 0 Å². The van der Waals surface area contributed by atoms with Gasteiger partial charge in [0.25, 0.3) is 5.91 Å². The maximum atomic E-state index is 12.6. The predicted molar refractivity (Wildman–Crippen MR) is 108 cm³/mol. The van der Waals surface area contributed by atoms with E-state index >= 15 is 0 Å². The smallest absolute Gasteiger partial charge is 0.265 e. The molecule has 0 aliphatic rings. The van der Waals surface area contributed by atoms with Crippen molar-refractivity contribution < 1.29 is 4.79 Å². The molecular weight excluding hydrogens is 372 g/mol. The summed E-state index contributed by atoms with van der Waals surface area (Å²) in [5.41, 5.74) is 2.57. The third-order valence-corrected chi connectivity index (χ3v) is 5.65. The average Bonchev–Trinajstić information content (AvgIpc) is 2.97. The van der Waals surface area contributed by atoms with Gasteiger partial charge >= 0.3 is 0 Å². The van der Waals surface area contributed by atoms with Crippen molar-refractivity contribution in [3.8, 4) is 11.3 Å². The Bertz CT molecular complexity index is 894. The number of pyridine rings is 1. The number of aryl methyl sites for hydroxylation is 1. The van der Waals surface area contributed by atoms with Crippen molar-refractivity contribution in [1.82, 2.24) is 4.98 Å². The Kier molecular flexibility index (Phi) is 5.78. The van der Waals surface area contributed by atoms with Gasteiger partial charge in [-0.2, -0.15) is 0 Å². The lowest BCUT2D eigenvalue weighted by atomic mass is 10.1. The maximum absolute atomic E-state index is 12.6. The highest BCUT2D eigenvalue weighted by Gasteiger charge is 2.15. The van der Waals surface area contributed by atoms with Crippen molar-refractivity contribution in [2.45, 2.75) is 18.7 Å². The van der Waals surface area contributed by atoms with Crippen LogP contribution in [0.4, 0.5) is 5.69 Å². The van der Waals surface area contributed by atoms with Crippen LogP contribution in [0.1, 0.15) is 21.5 Å². The van der Waals surface area contributed by atoms with Crippen LogP contribution >= 0.6 is 34.7 Å². The maximum Gasteiger partial charge on any atom is 0.265 e. The van der Waals surface area contributed by atoms with Crippen LogP contribution < -0.4 is 5.32 Å².